The van der Waals surface area contributed by atoms with E-state index < -0.39 is 0 Å². The molecule has 2 aromatic rings. The van der Waals surface area contributed by atoms with Gasteiger partial charge in [0.15, 0.2) is 0 Å². The molecule has 2 nitrogen and oxygen atoms in total. The third kappa shape index (κ3) is 2.59. The van der Waals surface area contributed by atoms with Crippen molar-refractivity contribution in [2.75, 3.05) is 12.8 Å². The summed E-state index contributed by atoms with van der Waals surface area (Å²) in [5.74, 6) is 0.746. The van der Waals surface area contributed by atoms with E-state index in [0.29, 0.717) is 0 Å². The Bertz CT molecular complexity index is 520. The number of para-hydroxylation sites is 1. The zero-order valence-corrected chi connectivity index (χ0v) is 10.2. The van der Waals surface area contributed by atoms with Crippen molar-refractivity contribution in [2.45, 2.75) is 13.3 Å². The lowest BCUT2D eigenvalue weighted by molar-refractivity contribution is 0.416. The number of anilines is 1. The molecule has 0 unspecified atom stereocenters. The number of nitrogens with two attached hydrogens (primary N) is 1. The summed E-state index contributed by atoms with van der Waals surface area (Å²) in [6.45, 7) is 2.10. The zero-order valence-electron chi connectivity index (χ0n) is 10.2. The molecule has 88 valence electrons. The van der Waals surface area contributed by atoms with E-state index in [9.17, 15) is 0 Å². The summed E-state index contributed by atoms with van der Waals surface area (Å²) >= 11 is 0. The maximum atomic E-state index is 6.05. The molecule has 0 heterocycles. The summed E-state index contributed by atoms with van der Waals surface area (Å²) in [5.41, 5.74) is 10.4. The van der Waals surface area contributed by atoms with Gasteiger partial charge in [-0.25, -0.2) is 0 Å². The second kappa shape index (κ2) is 4.91. The molecule has 2 N–H and O–H groups in total. The summed E-state index contributed by atoms with van der Waals surface area (Å²) in [5, 5.41) is 0. The highest BCUT2D eigenvalue weighted by atomic mass is 16.5. The molecule has 0 radical (unpaired) electrons. The van der Waals surface area contributed by atoms with Crippen molar-refractivity contribution in [1.82, 2.24) is 0 Å². The number of hydrogen-bond acceptors (Lipinski definition) is 2. The first-order chi connectivity index (χ1) is 8.20. The first kappa shape index (κ1) is 11.5. The zero-order chi connectivity index (χ0) is 12.3. The average molecular weight is 227 g/mol. The Morgan fingerprint density at radius 1 is 1.12 bits per heavy atom. The molecule has 0 bridgehead atoms. The molecule has 2 aromatic carbocycles. The van der Waals surface area contributed by atoms with E-state index in [1.165, 1.54) is 11.1 Å². The molecule has 2 heteroatoms. The molecule has 0 aromatic heterocycles. The van der Waals surface area contributed by atoms with E-state index in [1.807, 2.05) is 18.2 Å². The Morgan fingerprint density at radius 3 is 2.59 bits per heavy atom. The van der Waals surface area contributed by atoms with Crippen LogP contribution in [0.25, 0.3) is 0 Å². The number of aryl methyl sites for hydroxylation is 1. The van der Waals surface area contributed by atoms with Crippen molar-refractivity contribution in [3.63, 3.8) is 0 Å². The van der Waals surface area contributed by atoms with Crippen LogP contribution in [0.15, 0.2) is 42.5 Å². The van der Waals surface area contributed by atoms with Crippen LogP contribution >= 0.6 is 0 Å². The van der Waals surface area contributed by atoms with E-state index in [1.54, 1.807) is 7.11 Å². The highest BCUT2D eigenvalue weighted by Crippen LogP contribution is 2.26. The van der Waals surface area contributed by atoms with E-state index in [2.05, 4.69) is 31.2 Å². The van der Waals surface area contributed by atoms with Gasteiger partial charge in [-0.2, -0.15) is 0 Å². The average Bonchev–Trinajstić information content (AvgIpc) is 2.32. The fourth-order valence-corrected chi connectivity index (χ4v) is 1.96. The molecular weight excluding hydrogens is 210 g/mol. The fourth-order valence-electron chi connectivity index (χ4n) is 1.96. The smallest absolute Gasteiger partial charge is 0.142 e. The van der Waals surface area contributed by atoms with Gasteiger partial charge >= 0.3 is 0 Å². The standard InChI is InChI=1S/C15H17NO/c1-11-5-3-6-12(9-11)10-13-7-4-8-14(17-2)15(13)16/h3-9H,10,16H2,1-2H3. The first-order valence-electron chi connectivity index (χ1n) is 5.67. The Labute approximate surface area is 102 Å². The van der Waals surface area contributed by atoms with Gasteiger partial charge in [-0.05, 0) is 30.5 Å². The lowest BCUT2D eigenvalue weighted by Gasteiger charge is -2.10. The Balaban J connectivity index is 2.30. The summed E-state index contributed by atoms with van der Waals surface area (Å²) < 4.78 is 5.22. The minimum Gasteiger partial charge on any atom is -0.495 e. The third-order valence-corrected chi connectivity index (χ3v) is 2.85. The van der Waals surface area contributed by atoms with Crippen molar-refractivity contribution < 1.29 is 4.74 Å². The van der Waals surface area contributed by atoms with Crippen molar-refractivity contribution in [3.05, 3.63) is 59.2 Å². The summed E-state index contributed by atoms with van der Waals surface area (Å²) in [7, 11) is 1.64. The van der Waals surface area contributed by atoms with Gasteiger partial charge in [0.2, 0.25) is 0 Å². The number of rotatable bonds is 3. The molecule has 0 aliphatic carbocycles. The maximum absolute atomic E-state index is 6.05. The number of nitrogen functional groups attached to an aromatic ring is 1. The highest BCUT2D eigenvalue weighted by Gasteiger charge is 2.05. The number of hydrogen-bond donors (Lipinski definition) is 1. The molecule has 0 spiro atoms. The van der Waals surface area contributed by atoms with Crippen LogP contribution in [-0.4, -0.2) is 7.11 Å². The molecule has 0 saturated carbocycles. The highest BCUT2D eigenvalue weighted by molar-refractivity contribution is 5.59. The molecule has 0 atom stereocenters. The maximum Gasteiger partial charge on any atom is 0.142 e. The van der Waals surface area contributed by atoms with Crippen LogP contribution in [0.5, 0.6) is 5.75 Å². The normalized spacial score (nSPS) is 10.2. The molecule has 17 heavy (non-hydrogen) atoms. The van der Waals surface area contributed by atoms with Gasteiger partial charge in [0, 0.05) is 0 Å². The molecule has 0 fully saturated rings. The van der Waals surface area contributed by atoms with Gasteiger partial charge in [-0.15, -0.1) is 0 Å². The number of benzene rings is 2. The molecule has 0 aliphatic heterocycles. The van der Waals surface area contributed by atoms with Gasteiger partial charge in [-0.1, -0.05) is 42.0 Å². The van der Waals surface area contributed by atoms with Crippen LogP contribution in [-0.2, 0) is 6.42 Å². The predicted octanol–water partition coefficient (Wildman–Crippen LogP) is 3.18. The van der Waals surface area contributed by atoms with E-state index >= 15 is 0 Å². The topological polar surface area (TPSA) is 35.2 Å². The fraction of sp³-hybridized carbons (Fsp3) is 0.200. The molecule has 0 saturated heterocycles. The first-order valence-corrected chi connectivity index (χ1v) is 5.67. The van der Waals surface area contributed by atoms with Crippen LogP contribution < -0.4 is 10.5 Å². The third-order valence-electron chi connectivity index (χ3n) is 2.85. The summed E-state index contributed by atoms with van der Waals surface area (Å²) in [4.78, 5) is 0. The Hall–Kier alpha value is -1.96. The van der Waals surface area contributed by atoms with Crippen LogP contribution in [0.3, 0.4) is 0 Å². The van der Waals surface area contributed by atoms with Gasteiger partial charge in [0.25, 0.3) is 0 Å². The quantitative estimate of drug-likeness (QED) is 0.817. The second-order valence-electron chi connectivity index (χ2n) is 4.20. The van der Waals surface area contributed by atoms with Crippen LogP contribution in [0.4, 0.5) is 5.69 Å². The van der Waals surface area contributed by atoms with Gasteiger partial charge in [-0.3, -0.25) is 0 Å². The van der Waals surface area contributed by atoms with E-state index in [0.717, 1.165) is 23.4 Å². The predicted molar refractivity (Wildman–Crippen MR) is 71.4 cm³/mol. The largest absolute Gasteiger partial charge is 0.495 e. The van der Waals surface area contributed by atoms with Crippen molar-refractivity contribution in [3.8, 4) is 5.75 Å². The van der Waals surface area contributed by atoms with Crippen LogP contribution in [0, 0.1) is 6.92 Å². The molecular formula is C15H17NO. The van der Waals surface area contributed by atoms with E-state index in [-0.39, 0.29) is 0 Å². The van der Waals surface area contributed by atoms with Gasteiger partial charge in [0.05, 0.1) is 12.8 Å². The molecule has 2 rings (SSSR count). The van der Waals surface area contributed by atoms with Gasteiger partial charge in [0.1, 0.15) is 5.75 Å². The number of ether oxygens (including phenoxy) is 1. The second-order valence-corrected chi connectivity index (χ2v) is 4.20. The van der Waals surface area contributed by atoms with E-state index in [4.69, 9.17) is 10.5 Å². The lowest BCUT2D eigenvalue weighted by Crippen LogP contribution is -1.99. The van der Waals surface area contributed by atoms with Gasteiger partial charge < -0.3 is 10.5 Å². The van der Waals surface area contributed by atoms with Crippen molar-refractivity contribution in [1.29, 1.82) is 0 Å². The summed E-state index contributed by atoms with van der Waals surface area (Å²) in [6, 6.07) is 14.4. The monoisotopic (exact) mass is 227 g/mol. The number of methoxy groups -OCH3 is 1. The van der Waals surface area contributed by atoms with Crippen LogP contribution in [0.2, 0.25) is 0 Å². The molecule has 0 amide bonds. The van der Waals surface area contributed by atoms with Crippen molar-refractivity contribution >= 4 is 5.69 Å². The summed E-state index contributed by atoms with van der Waals surface area (Å²) in [6.07, 6.45) is 0.838. The molecule has 0 aliphatic rings. The minimum atomic E-state index is 0.733. The minimum absolute atomic E-state index is 0.733. The SMILES string of the molecule is COc1cccc(Cc2cccc(C)c2)c1N. The lowest BCUT2D eigenvalue weighted by atomic mass is 10.0. The Morgan fingerprint density at radius 2 is 1.88 bits per heavy atom. The Kier molecular flexibility index (Phi) is 3.33. The van der Waals surface area contributed by atoms with Crippen molar-refractivity contribution in [2.24, 2.45) is 0 Å². The van der Waals surface area contributed by atoms with Crippen LogP contribution in [0.1, 0.15) is 16.7 Å².